The zero-order valence-electron chi connectivity index (χ0n) is 10.6. The summed E-state index contributed by atoms with van der Waals surface area (Å²) in [6.45, 7) is 1.69. The van der Waals surface area contributed by atoms with E-state index in [2.05, 4.69) is 0 Å². The molecule has 19 heavy (non-hydrogen) atoms. The fourth-order valence-electron chi connectivity index (χ4n) is 2.08. The van der Waals surface area contributed by atoms with E-state index < -0.39 is 18.0 Å². The molecule has 0 unspecified atom stereocenters. The van der Waals surface area contributed by atoms with Crippen LogP contribution in [0, 0.1) is 0 Å². The third-order valence-electron chi connectivity index (χ3n) is 3.06. The van der Waals surface area contributed by atoms with Crippen LogP contribution in [-0.4, -0.2) is 35.3 Å². The van der Waals surface area contributed by atoms with Gasteiger partial charge < -0.3 is 5.73 Å². The van der Waals surface area contributed by atoms with Crippen LogP contribution in [0.1, 0.15) is 13.3 Å². The smallest absolute Gasteiger partial charge is 0.331 e. The van der Waals surface area contributed by atoms with Crippen molar-refractivity contribution in [3.8, 4) is 0 Å². The molecule has 0 bridgehead atoms. The van der Waals surface area contributed by atoms with Gasteiger partial charge in [-0.15, -0.1) is 0 Å². The van der Waals surface area contributed by atoms with Crippen molar-refractivity contribution in [2.75, 3.05) is 11.4 Å². The third kappa shape index (κ3) is 2.42. The monoisotopic (exact) mass is 261 g/mol. The van der Waals surface area contributed by atoms with Gasteiger partial charge in [0.1, 0.15) is 6.04 Å². The van der Waals surface area contributed by atoms with Crippen LogP contribution >= 0.6 is 0 Å². The molecule has 1 heterocycles. The maximum atomic E-state index is 12.2. The summed E-state index contributed by atoms with van der Waals surface area (Å²) in [6, 6.07) is 7.98. The number of rotatable bonds is 4. The highest BCUT2D eigenvalue weighted by Gasteiger charge is 2.42. The predicted octanol–water partition coefficient (Wildman–Crippen LogP) is 0.719. The molecule has 1 aliphatic rings. The van der Waals surface area contributed by atoms with E-state index in [1.165, 1.54) is 4.90 Å². The molecular weight excluding hydrogens is 246 g/mol. The van der Waals surface area contributed by atoms with Gasteiger partial charge in [-0.2, -0.15) is 0 Å². The van der Waals surface area contributed by atoms with E-state index in [9.17, 15) is 14.4 Å². The summed E-state index contributed by atoms with van der Waals surface area (Å²) in [5, 5.41) is 0. The topological polar surface area (TPSA) is 83.7 Å². The molecule has 2 rings (SSSR count). The minimum atomic E-state index is -0.567. The molecule has 2 N–H and O–H groups in total. The first-order valence-corrected chi connectivity index (χ1v) is 6.00. The van der Waals surface area contributed by atoms with E-state index in [0.29, 0.717) is 5.69 Å². The number of anilines is 1. The Morgan fingerprint density at radius 3 is 2.47 bits per heavy atom. The molecular formula is C13H15N3O3. The van der Waals surface area contributed by atoms with Crippen molar-refractivity contribution in [3.63, 3.8) is 0 Å². The Morgan fingerprint density at radius 2 is 1.89 bits per heavy atom. The molecule has 1 aromatic rings. The van der Waals surface area contributed by atoms with E-state index in [1.54, 1.807) is 31.2 Å². The lowest BCUT2D eigenvalue weighted by Gasteiger charge is -2.19. The van der Waals surface area contributed by atoms with Gasteiger partial charge >= 0.3 is 6.03 Å². The number of nitrogens with zero attached hydrogens (tertiary/aromatic N) is 2. The van der Waals surface area contributed by atoms with Crippen molar-refractivity contribution >= 4 is 23.5 Å². The van der Waals surface area contributed by atoms with Crippen LogP contribution in [0.15, 0.2) is 30.3 Å². The van der Waals surface area contributed by atoms with Gasteiger partial charge in [-0.1, -0.05) is 18.2 Å². The highest BCUT2D eigenvalue weighted by atomic mass is 16.2. The Kier molecular flexibility index (Phi) is 3.50. The first-order valence-electron chi connectivity index (χ1n) is 6.00. The molecule has 1 aliphatic heterocycles. The molecule has 1 saturated heterocycles. The molecule has 100 valence electrons. The molecule has 0 saturated carbocycles. The van der Waals surface area contributed by atoms with E-state index in [1.807, 2.05) is 6.07 Å². The zero-order valence-corrected chi connectivity index (χ0v) is 10.6. The minimum absolute atomic E-state index is 0.0210. The first-order chi connectivity index (χ1) is 9.02. The highest BCUT2D eigenvalue weighted by Crippen LogP contribution is 2.25. The number of benzene rings is 1. The van der Waals surface area contributed by atoms with Gasteiger partial charge in [0, 0.05) is 18.7 Å². The largest absolute Gasteiger partial charge is 0.370 e. The van der Waals surface area contributed by atoms with Crippen molar-refractivity contribution in [3.05, 3.63) is 30.3 Å². The number of para-hydroxylation sites is 1. The Hall–Kier alpha value is -2.37. The molecule has 0 aromatic heterocycles. The summed E-state index contributed by atoms with van der Waals surface area (Å²) >= 11 is 0. The van der Waals surface area contributed by atoms with Crippen LogP contribution in [0.4, 0.5) is 10.5 Å². The Bertz CT molecular complexity index is 515. The van der Waals surface area contributed by atoms with E-state index >= 15 is 0 Å². The average Bonchev–Trinajstić information content (AvgIpc) is 2.59. The van der Waals surface area contributed by atoms with Crippen LogP contribution in [0.5, 0.6) is 0 Å². The Balaban J connectivity index is 2.22. The fraction of sp³-hybridized carbons (Fsp3) is 0.308. The molecule has 0 radical (unpaired) electrons. The van der Waals surface area contributed by atoms with Crippen LogP contribution < -0.4 is 10.6 Å². The van der Waals surface area contributed by atoms with Gasteiger partial charge in [0.05, 0.1) is 0 Å². The number of amides is 4. The molecule has 1 fully saturated rings. The predicted molar refractivity (Wildman–Crippen MR) is 69.3 cm³/mol. The van der Waals surface area contributed by atoms with E-state index in [4.69, 9.17) is 5.73 Å². The van der Waals surface area contributed by atoms with Crippen molar-refractivity contribution in [1.82, 2.24) is 4.90 Å². The van der Waals surface area contributed by atoms with E-state index in [-0.39, 0.29) is 18.9 Å². The summed E-state index contributed by atoms with van der Waals surface area (Å²) in [4.78, 5) is 37.5. The lowest BCUT2D eigenvalue weighted by molar-refractivity contribution is -0.127. The third-order valence-corrected chi connectivity index (χ3v) is 3.06. The first kappa shape index (κ1) is 13.1. The summed E-state index contributed by atoms with van der Waals surface area (Å²) in [6.07, 6.45) is -0.0210. The second-order valence-electron chi connectivity index (χ2n) is 4.37. The van der Waals surface area contributed by atoms with Gasteiger partial charge in [-0.25, -0.2) is 4.79 Å². The maximum absolute atomic E-state index is 12.2. The molecule has 1 atom stereocenters. The summed E-state index contributed by atoms with van der Waals surface area (Å²) < 4.78 is 0. The molecule has 6 heteroatoms. The number of nitrogens with two attached hydrogens (primary N) is 1. The maximum Gasteiger partial charge on any atom is 0.331 e. The van der Waals surface area contributed by atoms with Gasteiger partial charge in [-0.3, -0.25) is 19.4 Å². The normalized spacial score (nSPS) is 19.1. The summed E-state index contributed by atoms with van der Waals surface area (Å²) in [5.41, 5.74) is 5.70. The molecule has 4 amide bonds. The van der Waals surface area contributed by atoms with Crippen molar-refractivity contribution in [2.45, 2.75) is 19.4 Å². The highest BCUT2D eigenvalue weighted by molar-refractivity contribution is 6.14. The average molecular weight is 261 g/mol. The number of primary amides is 1. The Morgan fingerprint density at radius 1 is 1.26 bits per heavy atom. The SMILES string of the molecule is C[C@H]1C(=O)N(CCC(N)=O)C(=O)N1c1ccccc1. The number of imide groups is 1. The van der Waals surface area contributed by atoms with Crippen molar-refractivity contribution < 1.29 is 14.4 Å². The summed E-state index contributed by atoms with van der Waals surface area (Å²) in [7, 11) is 0. The summed E-state index contributed by atoms with van der Waals surface area (Å²) in [5.74, 6) is -0.846. The molecule has 0 aliphatic carbocycles. The molecule has 0 spiro atoms. The molecule has 6 nitrogen and oxygen atoms in total. The van der Waals surface area contributed by atoms with Gasteiger partial charge in [0.25, 0.3) is 5.91 Å². The number of carbonyl (C=O) groups excluding carboxylic acids is 3. The minimum Gasteiger partial charge on any atom is -0.370 e. The van der Waals surface area contributed by atoms with Crippen LogP contribution in [-0.2, 0) is 9.59 Å². The quantitative estimate of drug-likeness (QED) is 0.810. The number of carbonyl (C=O) groups is 3. The van der Waals surface area contributed by atoms with Gasteiger partial charge in [0.2, 0.25) is 5.91 Å². The van der Waals surface area contributed by atoms with Crippen LogP contribution in [0.25, 0.3) is 0 Å². The van der Waals surface area contributed by atoms with Crippen LogP contribution in [0.2, 0.25) is 0 Å². The van der Waals surface area contributed by atoms with Crippen LogP contribution in [0.3, 0.4) is 0 Å². The Labute approximate surface area is 110 Å². The zero-order chi connectivity index (χ0) is 14.0. The molecule has 1 aromatic carbocycles. The fourth-order valence-corrected chi connectivity index (χ4v) is 2.08. The lowest BCUT2D eigenvalue weighted by Crippen LogP contribution is -2.35. The van der Waals surface area contributed by atoms with E-state index in [0.717, 1.165) is 4.90 Å². The standard InChI is InChI=1S/C13H15N3O3/c1-9-12(18)15(8-7-11(14)17)13(19)16(9)10-5-3-2-4-6-10/h2-6,9H,7-8H2,1H3,(H2,14,17)/t9-/m0/s1. The van der Waals surface area contributed by atoms with Gasteiger partial charge in [-0.05, 0) is 19.1 Å². The lowest BCUT2D eigenvalue weighted by atomic mass is 10.2. The number of hydrogen-bond acceptors (Lipinski definition) is 3. The van der Waals surface area contributed by atoms with Crippen molar-refractivity contribution in [2.24, 2.45) is 5.73 Å². The number of urea groups is 1. The second-order valence-corrected chi connectivity index (χ2v) is 4.37. The van der Waals surface area contributed by atoms with Crippen molar-refractivity contribution in [1.29, 1.82) is 0 Å². The van der Waals surface area contributed by atoms with Gasteiger partial charge in [0.15, 0.2) is 0 Å². The second kappa shape index (κ2) is 5.09. The number of hydrogen-bond donors (Lipinski definition) is 1.